The lowest BCUT2D eigenvalue weighted by Crippen LogP contribution is -2.47. The molecule has 1 aliphatic carbocycles. The molecule has 0 aromatic heterocycles. The first kappa shape index (κ1) is 16.8. The lowest BCUT2D eigenvalue weighted by atomic mass is 9.79. The van der Waals surface area contributed by atoms with Gasteiger partial charge in [0.2, 0.25) is 5.91 Å². The lowest BCUT2D eigenvalue weighted by Gasteiger charge is -2.27. The van der Waals surface area contributed by atoms with Crippen molar-refractivity contribution in [2.75, 3.05) is 7.11 Å². The van der Waals surface area contributed by atoms with Crippen LogP contribution in [0.2, 0.25) is 0 Å². The molecule has 2 atom stereocenters. The largest absolute Gasteiger partial charge is 0.496 e. The zero-order chi connectivity index (χ0) is 16.8. The van der Waals surface area contributed by atoms with Gasteiger partial charge in [-0.25, -0.2) is 0 Å². The van der Waals surface area contributed by atoms with Gasteiger partial charge in [0.25, 0.3) is 5.91 Å². The van der Waals surface area contributed by atoms with E-state index in [1.807, 2.05) is 0 Å². The van der Waals surface area contributed by atoms with Crippen LogP contribution in [0.25, 0.3) is 0 Å². The summed E-state index contributed by atoms with van der Waals surface area (Å²) in [6.07, 6.45) is 2.60. The molecule has 7 nitrogen and oxygen atoms in total. The van der Waals surface area contributed by atoms with Crippen molar-refractivity contribution in [1.82, 2.24) is 10.9 Å². The quantitative estimate of drug-likeness (QED) is 0.726. The first-order chi connectivity index (χ1) is 11.0. The first-order valence-electron chi connectivity index (χ1n) is 7.50. The fourth-order valence-corrected chi connectivity index (χ4v) is 2.85. The van der Waals surface area contributed by atoms with E-state index in [4.69, 9.17) is 4.74 Å². The molecular weight excluding hydrogens is 300 g/mol. The van der Waals surface area contributed by atoms with Gasteiger partial charge in [-0.3, -0.25) is 25.2 Å². The van der Waals surface area contributed by atoms with Crippen LogP contribution in [0.15, 0.2) is 24.3 Å². The van der Waals surface area contributed by atoms with E-state index < -0.39 is 29.6 Å². The Balaban J connectivity index is 1.98. The summed E-state index contributed by atoms with van der Waals surface area (Å²) in [5.74, 6) is -2.90. The van der Waals surface area contributed by atoms with Crippen molar-refractivity contribution in [3.8, 4) is 5.75 Å². The molecule has 0 heterocycles. The third kappa shape index (κ3) is 4.00. The molecule has 0 unspecified atom stereocenters. The molecule has 1 aliphatic rings. The number of nitrogens with one attached hydrogen (secondary N) is 2. The van der Waals surface area contributed by atoms with Gasteiger partial charge in [-0.05, 0) is 25.0 Å². The topological polar surface area (TPSA) is 105 Å². The van der Waals surface area contributed by atoms with Crippen LogP contribution in [-0.2, 0) is 9.59 Å². The van der Waals surface area contributed by atoms with Crippen LogP contribution in [-0.4, -0.2) is 30.0 Å². The predicted molar refractivity (Wildman–Crippen MR) is 81.7 cm³/mol. The molecule has 0 aliphatic heterocycles. The number of amides is 2. The fourth-order valence-electron chi connectivity index (χ4n) is 2.85. The highest BCUT2D eigenvalue weighted by Gasteiger charge is 2.35. The van der Waals surface area contributed by atoms with E-state index >= 15 is 0 Å². The smallest absolute Gasteiger partial charge is 0.307 e. The molecule has 124 valence electrons. The highest BCUT2D eigenvalue weighted by molar-refractivity contribution is 5.98. The summed E-state index contributed by atoms with van der Waals surface area (Å²) >= 11 is 0. The Labute approximate surface area is 134 Å². The Kier molecular flexibility index (Phi) is 5.56. The summed E-state index contributed by atoms with van der Waals surface area (Å²) in [5, 5.41) is 9.20. The fraction of sp³-hybridized carbons (Fsp3) is 0.438. The van der Waals surface area contributed by atoms with Gasteiger partial charge >= 0.3 is 5.97 Å². The molecule has 1 saturated carbocycles. The van der Waals surface area contributed by atoms with Crippen LogP contribution < -0.4 is 15.6 Å². The Hall–Kier alpha value is -2.57. The standard InChI is InChI=1S/C16H20N2O5/c1-23-13-9-5-4-8-12(13)15(20)18-17-14(19)10-6-2-3-7-11(10)16(21)22/h4-5,8-11H,2-3,6-7H2,1H3,(H,17,19)(H,18,20)(H,21,22)/t10-,11+/m1/s1. The monoisotopic (exact) mass is 320 g/mol. The number of aliphatic carboxylic acids is 1. The van der Waals surface area contributed by atoms with Crippen molar-refractivity contribution in [2.24, 2.45) is 11.8 Å². The molecule has 2 amide bonds. The van der Waals surface area contributed by atoms with Crippen LogP contribution in [0, 0.1) is 11.8 Å². The Morgan fingerprint density at radius 3 is 2.39 bits per heavy atom. The van der Waals surface area contributed by atoms with Gasteiger partial charge in [-0.1, -0.05) is 25.0 Å². The summed E-state index contributed by atoms with van der Waals surface area (Å²) in [4.78, 5) is 35.5. The van der Waals surface area contributed by atoms with E-state index in [1.165, 1.54) is 7.11 Å². The Bertz CT molecular complexity index is 602. The van der Waals surface area contributed by atoms with Gasteiger partial charge in [0.1, 0.15) is 5.75 Å². The number of hydrogen-bond donors (Lipinski definition) is 3. The minimum Gasteiger partial charge on any atom is -0.496 e. The van der Waals surface area contributed by atoms with E-state index in [0.717, 1.165) is 12.8 Å². The Morgan fingerprint density at radius 1 is 1.09 bits per heavy atom. The molecular formula is C16H20N2O5. The maximum Gasteiger partial charge on any atom is 0.307 e. The highest BCUT2D eigenvalue weighted by atomic mass is 16.5. The third-order valence-corrected chi connectivity index (χ3v) is 4.07. The summed E-state index contributed by atoms with van der Waals surface area (Å²) in [5.41, 5.74) is 4.93. The number of ether oxygens (including phenoxy) is 1. The van der Waals surface area contributed by atoms with E-state index in [9.17, 15) is 19.5 Å². The minimum absolute atomic E-state index is 0.286. The second-order valence-electron chi connectivity index (χ2n) is 5.48. The number of hydrogen-bond acceptors (Lipinski definition) is 4. The van der Waals surface area contributed by atoms with Crippen molar-refractivity contribution in [3.63, 3.8) is 0 Å². The molecule has 2 rings (SSSR count). The van der Waals surface area contributed by atoms with E-state index in [0.29, 0.717) is 18.6 Å². The second kappa shape index (κ2) is 7.62. The number of carboxylic acid groups (broad SMARTS) is 1. The number of para-hydroxylation sites is 1. The number of carbonyl (C=O) groups excluding carboxylic acids is 2. The van der Waals surface area contributed by atoms with Gasteiger partial charge < -0.3 is 9.84 Å². The van der Waals surface area contributed by atoms with E-state index in [2.05, 4.69) is 10.9 Å². The number of carbonyl (C=O) groups is 3. The van der Waals surface area contributed by atoms with Gasteiger partial charge in [0.05, 0.1) is 24.5 Å². The van der Waals surface area contributed by atoms with E-state index in [-0.39, 0.29) is 5.56 Å². The molecule has 0 bridgehead atoms. The maximum absolute atomic E-state index is 12.2. The SMILES string of the molecule is COc1ccccc1C(=O)NNC(=O)[C@@H]1CCCC[C@@H]1C(=O)O. The van der Waals surface area contributed by atoms with Gasteiger partial charge in [-0.2, -0.15) is 0 Å². The van der Waals surface area contributed by atoms with Crippen LogP contribution in [0.1, 0.15) is 36.0 Å². The molecule has 1 aromatic carbocycles. The van der Waals surface area contributed by atoms with Crippen molar-refractivity contribution >= 4 is 17.8 Å². The van der Waals surface area contributed by atoms with Crippen molar-refractivity contribution < 1.29 is 24.2 Å². The molecule has 0 spiro atoms. The molecule has 23 heavy (non-hydrogen) atoms. The predicted octanol–water partition coefficient (Wildman–Crippen LogP) is 1.35. The summed E-state index contributed by atoms with van der Waals surface area (Å²) in [7, 11) is 1.45. The molecule has 0 radical (unpaired) electrons. The molecule has 3 N–H and O–H groups in total. The van der Waals surface area contributed by atoms with Crippen LogP contribution in [0.5, 0.6) is 5.75 Å². The van der Waals surface area contributed by atoms with Gasteiger partial charge in [0, 0.05) is 0 Å². The minimum atomic E-state index is -0.971. The van der Waals surface area contributed by atoms with Gasteiger partial charge in [-0.15, -0.1) is 0 Å². The third-order valence-electron chi connectivity index (χ3n) is 4.07. The summed E-state index contributed by atoms with van der Waals surface area (Å²) in [6, 6.07) is 6.62. The average molecular weight is 320 g/mol. The zero-order valence-electron chi connectivity index (χ0n) is 12.9. The van der Waals surface area contributed by atoms with Crippen molar-refractivity contribution in [3.05, 3.63) is 29.8 Å². The summed E-state index contributed by atoms with van der Waals surface area (Å²) in [6.45, 7) is 0. The van der Waals surface area contributed by atoms with Crippen LogP contribution in [0.4, 0.5) is 0 Å². The van der Waals surface area contributed by atoms with Crippen LogP contribution in [0.3, 0.4) is 0 Å². The number of benzene rings is 1. The molecule has 0 saturated heterocycles. The maximum atomic E-state index is 12.2. The molecule has 7 heteroatoms. The first-order valence-corrected chi connectivity index (χ1v) is 7.50. The normalized spacial score (nSPS) is 20.4. The van der Waals surface area contributed by atoms with Crippen molar-refractivity contribution in [2.45, 2.75) is 25.7 Å². The van der Waals surface area contributed by atoms with E-state index in [1.54, 1.807) is 24.3 Å². The number of hydrazine groups is 1. The Morgan fingerprint density at radius 2 is 1.74 bits per heavy atom. The van der Waals surface area contributed by atoms with Crippen molar-refractivity contribution in [1.29, 1.82) is 0 Å². The lowest BCUT2D eigenvalue weighted by molar-refractivity contribution is -0.149. The number of methoxy groups -OCH3 is 1. The number of rotatable bonds is 4. The molecule has 1 fully saturated rings. The summed E-state index contributed by atoms with van der Waals surface area (Å²) < 4.78 is 5.09. The van der Waals surface area contributed by atoms with Crippen LogP contribution >= 0.6 is 0 Å². The molecule has 1 aromatic rings. The number of carboxylic acids is 1. The second-order valence-corrected chi connectivity index (χ2v) is 5.48. The average Bonchev–Trinajstić information content (AvgIpc) is 2.59. The van der Waals surface area contributed by atoms with Gasteiger partial charge in [0.15, 0.2) is 0 Å². The highest BCUT2D eigenvalue weighted by Crippen LogP contribution is 2.30. The zero-order valence-corrected chi connectivity index (χ0v) is 12.9.